The number of aromatic nitrogens is 1. The molecule has 1 aliphatic rings. The van der Waals surface area contributed by atoms with Crippen molar-refractivity contribution in [3.63, 3.8) is 0 Å². The van der Waals surface area contributed by atoms with E-state index in [4.69, 9.17) is 4.74 Å². The average Bonchev–Trinajstić information content (AvgIpc) is 2.86. The van der Waals surface area contributed by atoms with Crippen molar-refractivity contribution in [3.8, 4) is 5.75 Å². The van der Waals surface area contributed by atoms with E-state index in [9.17, 15) is 0 Å². The molecule has 2 rings (SSSR count). The van der Waals surface area contributed by atoms with Gasteiger partial charge in [-0.25, -0.2) is 4.98 Å². The van der Waals surface area contributed by atoms with Gasteiger partial charge in [-0.05, 0) is 53.5 Å². The molecule has 1 fully saturated rings. The smallest absolute Gasteiger partial charge is 0.151 e. The second-order valence-electron chi connectivity index (χ2n) is 3.05. The maximum atomic E-state index is 5.59. The van der Waals surface area contributed by atoms with Crippen molar-refractivity contribution in [2.24, 2.45) is 5.92 Å². The Morgan fingerprint density at radius 2 is 2.42 bits per heavy atom. The molecule has 0 N–H and O–H groups in total. The third-order valence-electron chi connectivity index (χ3n) is 1.90. The van der Waals surface area contributed by atoms with Gasteiger partial charge in [0, 0.05) is 6.20 Å². The van der Waals surface area contributed by atoms with Gasteiger partial charge in [-0.1, -0.05) is 0 Å². The molecule has 0 saturated heterocycles. The molecule has 0 unspecified atom stereocenters. The SMILES string of the molecule is Ic1ncccc1OCC1CC1. The van der Waals surface area contributed by atoms with Crippen LogP contribution in [0.2, 0.25) is 0 Å². The molecule has 1 aromatic rings. The van der Waals surface area contributed by atoms with Crippen molar-refractivity contribution >= 4 is 22.6 Å². The van der Waals surface area contributed by atoms with Gasteiger partial charge >= 0.3 is 0 Å². The Morgan fingerprint density at radius 1 is 1.58 bits per heavy atom. The Morgan fingerprint density at radius 3 is 3.08 bits per heavy atom. The highest BCUT2D eigenvalue weighted by Gasteiger charge is 2.22. The minimum absolute atomic E-state index is 0.806. The molecule has 1 aliphatic carbocycles. The van der Waals surface area contributed by atoms with Crippen LogP contribution in [-0.2, 0) is 0 Å². The van der Waals surface area contributed by atoms with Crippen LogP contribution in [0.25, 0.3) is 0 Å². The Bertz CT molecular complexity index is 273. The number of halogens is 1. The minimum atomic E-state index is 0.806. The fourth-order valence-corrected chi connectivity index (χ4v) is 1.47. The van der Waals surface area contributed by atoms with Gasteiger partial charge in [-0.3, -0.25) is 0 Å². The van der Waals surface area contributed by atoms with Crippen molar-refractivity contribution < 1.29 is 4.74 Å². The third kappa shape index (κ3) is 2.09. The predicted octanol–water partition coefficient (Wildman–Crippen LogP) is 2.48. The standard InChI is InChI=1S/C9H10INO/c10-9-8(2-1-5-11-9)12-6-7-3-4-7/h1-2,5,7H,3-4,6H2. The summed E-state index contributed by atoms with van der Waals surface area (Å²) in [6.07, 6.45) is 4.44. The largest absolute Gasteiger partial charge is 0.491 e. The van der Waals surface area contributed by atoms with Gasteiger partial charge in [0.15, 0.2) is 5.75 Å². The number of rotatable bonds is 3. The van der Waals surface area contributed by atoms with E-state index in [-0.39, 0.29) is 0 Å². The fourth-order valence-electron chi connectivity index (χ4n) is 0.971. The molecule has 0 amide bonds. The van der Waals surface area contributed by atoms with Gasteiger partial charge in [0.25, 0.3) is 0 Å². The lowest BCUT2D eigenvalue weighted by Crippen LogP contribution is -2.00. The first-order valence-corrected chi connectivity index (χ1v) is 5.17. The Hall–Kier alpha value is -0.320. The second-order valence-corrected chi connectivity index (χ2v) is 4.07. The summed E-state index contributed by atoms with van der Waals surface area (Å²) in [5.74, 6) is 1.73. The minimum Gasteiger partial charge on any atom is -0.491 e. The zero-order valence-electron chi connectivity index (χ0n) is 6.66. The average molecular weight is 275 g/mol. The number of pyridine rings is 1. The molecule has 0 radical (unpaired) electrons. The fraction of sp³-hybridized carbons (Fsp3) is 0.444. The monoisotopic (exact) mass is 275 g/mol. The van der Waals surface area contributed by atoms with Gasteiger partial charge in [0.05, 0.1) is 6.61 Å². The number of ether oxygens (including phenoxy) is 1. The van der Waals surface area contributed by atoms with Crippen LogP contribution in [0.4, 0.5) is 0 Å². The number of nitrogens with zero attached hydrogens (tertiary/aromatic N) is 1. The zero-order valence-corrected chi connectivity index (χ0v) is 8.82. The Kier molecular flexibility index (Phi) is 2.48. The van der Waals surface area contributed by atoms with E-state index in [2.05, 4.69) is 27.6 Å². The van der Waals surface area contributed by atoms with Gasteiger partial charge < -0.3 is 4.74 Å². The van der Waals surface area contributed by atoms with Crippen LogP contribution in [0.15, 0.2) is 18.3 Å². The summed E-state index contributed by atoms with van der Waals surface area (Å²) < 4.78 is 6.55. The first-order valence-electron chi connectivity index (χ1n) is 4.09. The lowest BCUT2D eigenvalue weighted by atomic mass is 10.4. The molecule has 12 heavy (non-hydrogen) atoms. The van der Waals surface area contributed by atoms with Gasteiger partial charge in [-0.2, -0.15) is 0 Å². The van der Waals surface area contributed by atoms with Crippen molar-refractivity contribution in [1.82, 2.24) is 4.98 Å². The molecular formula is C9H10INO. The van der Waals surface area contributed by atoms with E-state index in [1.165, 1.54) is 12.8 Å². The molecule has 0 aromatic carbocycles. The summed E-state index contributed by atoms with van der Waals surface area (Å²) in [6.45, 7) is 0.863. The van der Waals surface area contributed by atoms with E-state index < -0.39 is 0 Å². The summed E-state index contributed by atoms with van der Waals surface area (Å²) in [5, 5.41) is 0. The first kappa shape index (κ1) is 8.29. The molecule has 1 saturated carbocycles. The molecule has 1 heterocycles. The molecule has 64 valence electrons. The molecule has 1 aromatic heterocycles. The van der Waals surface area contributed by atoms with Crippen molar-refractivity contribution in [3.05, 3.63) is 22.0 Å². The van der Waals surface area contributed by atoms with E-state index >= 15 is 0 Å². The van der Waals surface area contributed by atoms with Gasteiger partial charge in [0.1, 0.15) is 3.70 Å². The highest BCUT2D eigenvalue weighted by molar-refractivity contribution is 14.1. The summed E-state index contributed by atoms with van der Waals surface area (Å²) in [6, 6.07) is 3.88. The van der Waals surface area contributed by atoms with Crippen LogP contribution < -0.4 is 4.74 Å². The third-order valence-corrected chi connectivity index (χ3v) is 2.71. The molecule has 2 nitrogen and oxygen atoms in total. The maximum Gasteiger partial charge on any atom is 0.151 e. The van der Waals surface area contributed by atoms with E-state index in [1.54, 1.807) is 6.20 Å². The molecule has 0 aliphatic heterocycles. The molecule has 0 spiro atoms. The Labute approximate surface area is 85.5 Å². The van der Waals surface area contributed by atoms with Crippen LogP contribution in [0, 0.1) is 9.62 Å². The maximum absolute atomic E-state index is 5.59. The predicted molar refractivity (Wildman–Crippen MR) is 55.2 cm³/mol. The zero-order chi connectivity index (χ0) is 8.39. The highest BCUT2D eigenvalue weighted by Crippen LogP contribution is 2.30. The van der Waals surface area contributed by atoms with Crippen molar-refractivity contribution in [2.75, 3.05) is 6.61 Å². The normalized spacial score (nSPS) is 16.1. The van der Waals surface area contributed by atoms with E-state index in [0.29, 0.717) is 0 Å². The van der Waals surface area contributed by atoms with Crippen LogP contribution in [0.3, 0.4) is 0 Å². The molecule has 3 heteroatoms. The summed E-state index contributed by atoms with van der Waals surface area (Å²) in [7, 11) is 0. The molecule has 0 bridgehead atoms. The molecular weight excluding hydrogens is 265 g/mol. The van der Waals surface area contributed by atoms with Crippen molar-refractivity contribution in [2.45, 2.75) is 12.8 Å². The summed E-state index contributed by atoms with van der Waals surface area (Å²) in [4.78, 5) is 4.14. The van der Waals surface area contributed by atoms with Crippen LogP contribution in [-0.4, -0.2) is 11.6 Å². The number of hydrogen-bond acceptors (Lipinski definition) is 2. The first-order chi connectivity index (χ1) is 5.86. The second kappa shape index (κ2) is 3.60. The van der Waals surface area contributed by atoms with Crippen LogP contribution in [0.5, 0.6) is 5.75 Å². The molecule has 0 atom stereocenters. The van der Waals surface area contributed by atoms with Gasteiger partial charge in [0.2, 0.25) is 0 Å². The highest BCUT2D eigenvalue weighted by atomic mass is 127. The van der Waals surface area contributed by atoms with E-state index in [0.717, 1.165) is 22.0 Å². The summed E-state index contributed by atoms with van der Waals surface area (Å²) in [5.41, 5.74) is 0. The van der Waals surface area contributed by atoms with Crippen LogP contribution in [0.1, 0.15) is 12.8 Å². The Balaban J connectivity index is 1.96. The quantitative estimate of drug-likeness (QED) is 0.624. The number of hydrogen-bond donors (Lipinski definition) is 0. The van der Waals surface area contributed by atoms with Crippen LogP contribution >= 0.6 is 22.6 Å². The lowest BCUT2D eigenvalue weighted by Gasteiger charge is -2.05. The van der Waals surface area contributed by atoms with Crippen molar-refractivity contribution in [1.29, 1.82) is 0 Å². The topological polar surface area (TPSA) is 22.1 Å². The van der Waals surface area contributed by atoms with Gasteiger partial charge in [-0.15, -0.1) is 0 Å². The lowest BCUT2D eigenvalue weighted by molar-refractivity contribution is 0.296. The van der Waals surface area contributed by atoms with E-state index in [1.807, 2.05) is 12.1 Å². The summed E-state index contributed by atoms with van der Waals surface area (Å²) >= 11 is 2.19.